The van der Waals surface area contributed by atoms with Gasteiger partial charge in [0.15, 0.2) is 0 Å². The maximum absolute atomic E-state index is 14.5. The summed E-state index contributed by atoms with van der Waals surface area (Å²) in [7, 11) is -0.0983. The lowest BCUT2D eigenvalue weighted by molar-refractivity contribution is 0.0131. The van der Waals surface area contributed by atoms with E-state index >= 15 is 0 Å². The molecule has 1 aromatic heterocycles. The molecule has 0 saturated heterocycles. The highest BCUT2D eigenvalue weighted by molar-refractivity contribution is 7.92. The standard InChI is InChI=1S/C39H47ClN4O6S/c1-25-6-4-8-35(49-3)32-12-9-28(32)20-44-23-39(15-5-7-26-16-30(40)11-13-33(26)39)24-50-36-14-10-27(18-34(36)44)37(46)41-51(48,22-25)42-38(47)29-17-31(21-45)43(2)19-29/h4,8,10-11,13-14,16-19,25,28,32,35,45H,5-7,9,12,15,20-24H2,1-3H3,(H,41,42,46,47,48)/b8-4+/t25-,28-,32+,35-,39-,51-/m0/s1. The zero-order chi connectivity index (χ0) is 35.9. The first-order chi connectivity index (χ1) is 24.5. The minimum absolute atomic E-state index is 0.0235. The van der Waals surface area contributed by atoms with Crippen LogP contribution in [0.4, 0.5) is 5.69 Å². The van der Waals surface area contributed by atoms with Crippen LogP contribution in [-0.4, -0.2) is 64.4 Å². The molecule has 2 bridgehead atoms. The van der Waals surface area contributed by atoms with Crippen molar-refractivity contribution in [3.05, 3.63) is 93.8 Å². The lowest BCUT2D eigenvalue weighted by Crippen LogP contribution is -2.49. The van der Waals surface area contributed by atoms with Crippen LogP contribution in [0.5, 0.6) is 5.75 Å². The van der Waals surface area contributed by atoms with E-state index < -0.39 is 21.7 Å². The predicted molar refractivity (Wildman–Crippen MR) is 199 cm³/mol. The smallest absolute Gasteiger partial charge is 0.286 e. The summed E-state index contributed by atoms with van der Waals surface area (Å²) in [5.74, 6) is -0.0879. The number of allylic oxidation sites excluding steroid dienone is 1. The lowest BCUT2D eigenvalue weighted by Gasteiger charge is -2.46. The number of methoxy groups -OCH3 is 1. The van der Waals surface area contributed by atoms with Gasteiger partial charge in [-0.3, -0.25) is 14.3 Å². The fourth-order valence-corrected chi connectivity index (χ4v) is 10.5. The number of aryl methyl sites for hydroxylation is 2. The van der Waals surface area contributed by atoms with Crippen molar-refractivity contribution in [3.8, 4) is 5.75 Å². The second-order valence-electron chi connectivity index (χ2n) is 14.9. The van der Waals surface area contributed by atoms with E-state index in [1.807, 2.05) is 25.1 Å². The van der Waals surface area contributed by atoms with Crippen molar-refractivity contribution in [3.63, 3.8) is 0 Å². The highest BCUT2D eigenvalue weighted by Gasteiger charge is 2.44. The number of fused-ring (bicyclic) bond motifs is 4. The second-order valence-corrected chi connectivity index (χ2v) is 17.3. The normalized spacial score (nSPS) is 29.8. The zero-order valence-corrected chi connectivity index (χ0v) is 31.0. The molecule has 2 aliphatic carbocycles. The van der Waals surface area contributed by atoms with E-state index in [1.54, 1.807) is 31.0 Å². The maximum Gasteiger partial charge on any atom is 0.286 e. The average molecular weight is 735 g/mol. The van der Waals surface area contributed by atoms with Gasteiger partial charge in [0.25, 0.3) is 11.8 Å². The number of hydrogen-bond acceptors (Lipinski definition) is 7. The molecule has 1 spiro atoms. The minimum atomic E-state index is -3.57. The highest BCUT2D eigenvalue weighted by atomic mass is 35.5. The number of benzene rings is 2. The third-order valence-corrected chi connectivity index (χ3v) is 13.5. The number of anilines is 1. The number of carbonyl (C=O) groups is 2. The maximum atomic E-state index is 14.5. The average Bonchev–Trinajstić information content (AvgIpc) is 3.40. The summed E-state index contributed by atoms with van der Waals surface area (Å²) in [5, 5.41) is 10.4. The number of amides is 2. The van der Waals surface area contributed by atoms with Gasteiger partial charge < -0.3 is 24.0 Å². The lowest BCUT2D eigenvalue weighted by atomic mass is 9.68. The summed E-state index contributed by atoms with van der Waals surface area (Å²) in [4.78, 5) is 29.8. The summed E-state index contributed by atoms with van der Waals surface area (Å²) in [6, 6.07) is 13.1. The van der Waals surface area contributed by atoms with Crippen molar-refractivity contribution < 1.29 is 28.4 Å². The van der Waals surface area contributed by atoms with E-state index in [1.165, 1.54) is 17.2 Å². The fraction of sp³-hybridized carbons (Fsp3) is 0.487. The molecule has 3 aromatic rings. The molecular formula is C39H47ClN4O6S. The van der Waals surface area contributed by atoms with Crippen LogP contribution in [0.2, 0.25) is 5.02 Å². The van der Waals surface area contributed by atoms with Crippen molar-refractivity contribution in [2.75, 3.05) is 37.5 Å². The third-order valence-electron chi connectivity index (χ3n) is 11.3. The Morgan fingerprint density at radius 1 is 1.22 bits per heavy atom. The topological polar surface area (TPSA) is 122 Å². The number of nitrogens with one attached hydrogen (secondary N) is 1. The van der Waals surface area contributed by atoms with E-state index in [2.05, 4.69) is 38.3 Å². The molecule has 51 heavy (non-hydrogen) atoms. The van der Waals surface area contributed by atoms with Gasteiger partial charge in [-0.25, -0.2) is 4.21 Å². The molecule has 2 aromatic carbocycles. The largest absolute Gasteiger partial charge is 0.490 e. The molecule has 10 nitrogen and oxygen atoms in total. The third kappa shape index (κ3) is 7.23. The molecule has 3 heterocycles. The van der Waals surface area contributed by atoms with Crippen LogP contribution in [0.15, 0.2) is 65.2 Å². The summed E-state index contributed by atoms with van der Waals surface area (Å²) in [5.41, 5.74) is 4.09. The molecule has 272 valence electrons. The van der Waals surface area contributed by atoms with E-state index in [4.69, 9.17) is 21.1 Å². The molecule has 0 radical (unpaired) electrons. The molecular weight excluding hydrogens is 688 g/mol. The summed E-state index contributed by atoms with van der Waals surface area (Å²) in [6.45, 7) is 3.65. The van der Waals surface area contributed by atoms with Crippen LogP contribution in [-0.2, 0) is 40.1 Å². The number of ether oxygens (including phenoxy) is 2. The SMILES string of the molecule is CO[C@H]1/C=C/C[C@H](C)C[S@@](=O)(NC(=O)c2cc(CO)n(C)c2)=NC(=O)c2ccc3c(c2)N(C[C@@H]2CC[C@H]21)C[C@@]1(CCCc2cc(Cl)ccc21)CO3. The zero-order valence-electron chi connectivity index (χ0n) is 29.5. The monoisotopic (exact) mass is 734 g/mol. The van der Waals surface area contributed by atoms with Gasteiger partial charge >= 0.3 is 0 Å². The number of rotatable bonds is 4. The molecule has 0 unspecified atom stereocenters. The molecule has 1 fully saturated rings. The Kier molecular flexibility index (Phi) is 10.1. The van der Waals surface area contributed by atoms with Crippen LogP contribution in [0, 0.1) is 17.8 Å². The molecule has 1 saturated carbocycles. The van der Waals surface area contributed by atoms with Gasteiger partial charge in [-0.1, -0.05) is 36.7 Å². The molecule has 2 amide bonds. The Balaban J connectivity index is 1.30. The Bertz CT molecular complexity index is 1990. The Morgan fingerprint density at radius 2 is 2.06 bits per heavy atom. The van der Waals surface area contributed by atoms with Crippen LogP contribution < -0.4 is 14.4 Å². The molecule has 7 rings (SSSR count). The first kappa shape index (κ1) is 35.7. The summed E-state index contributed by atoms with van der Waals surface area (Å²) >= 11 is 6.45. The van der Waals surface area contributed by atoms with Crippen molar-refractivity contribution in [1.82, 2.24) is 9.29 Å². The van der Waals surface area contributed by atoms with E-state index in [-0.39, 0.29) is 40.9 Å². The number of aliphatic hydroxyl groups is 1. The van der Waals surface area contributed by atoms with Crippen molar-refractivity contribution in [1.29, 1.82) is 0 Å². The van der Waals surface area contributed by atoms with Crippen molar-refractivity contribution in [2.24, 2.45) is 29.2 Å². The van der Waals surface area contributed by atoms with Gasteiger partial charge in [0.1, 0.15) is 15.7 Å². The first-order valence-electron chi connectivity index (χ1n) is 17.9. The van der Waals surface area contributed by atoms with Crippen molar-refractivity contribution in [2.45, 2.75) is 63.6 Å². The van der Waals surface area contributed by atoms with E-state index in [0.717, 1.165) is 49.4 Å². The minimum Gasteiger partial charge on any atom is -0.490 e. The number of aliphatic hydroxyl groups excluding tert-OH is 1. The number of aromatic nitrogens is 1. The van der Waals surface area contributed by atoms with E-state index in [0.29, 0.717) is 42.9 Å². The second kappa shape index (κ2) is 14.4. The quantitative estimate of drug-likeness (QED) is 0.305. The Hall–Kier alpha value is -3.64. The van der Waals surface area contributed by atoms with Crippen LogP contribution in [0.25, 0.3) is 0 Å². The van der Waals surface area contributed by atoms with Gasteiger partial charge in [0, 0.05) is 55.1 Å². The van der Waals surface area contributed by atoms with Crippen molar-refractivity contribution >= 4 is 39.0 Å². The molecule has 6 atom stereocenters. The molecule has 2 N–H and O–H groups in total. The van der Waals surface area contributed by atoms with Gasteiger partial charge in [-0.2, -0.15) is 0 Å². The van der Waals surface area contributed by atoms with Crippen LogP contribution >= 0.6 is 11.6 Å². The highest BCUT2D eigenvalue weighted by Crippen LogP contribution is 2.47. The predicted octanol–water partition coefficient (Wildman–Crippen LogP) is 6.23. The van der Waals surface area contributed by atoms with Crippen LogP contribution in [0.1, 0.15) is 76.6 Å². The number of nitrogens with zero attached hydrogens (tertiary/aromatic N) is 3. The molecule has 12 heteroatoms. The summed E-state index contributed by atoms with van der Waals surface area (Å²) < 4.78 is 35.7. The number of halogens is 1. The number of hydrogen-bond donors (Lipinski definition) is 2. The molecule has 4 aliphatic rings. The summed E-state index contributed by atoms with van der Waals surface area (Å²) in [6.07, 6.45) is 11.3. The fourth-order valence-electron chi connectivity index (χ4n) is 8.46. The Morgan fingerprint density at radius 3 is 2.80 bits per heavy atom. The van der Waals surface area contributed by atoms with E-state index in [9.17, 15) is 18.9 Å². The first-order valence-corrected chi connectivity index (χ1v) is 19.9. The van der Waals surface area contributed by atoms with Gasteiger partial charge in [0.05, 0.1) is 36.3 Å². The molecule has 2 aliphatic heterocycles. The Labute approximate surface area is 305 Å². The van der Waals surface area contributed by atoms with Gasteiger partial charge in [-0.05, 0) is 104 Å². The van der Waals surface area contributed by atoms with Gasteiger partial charge in [-0.15, -0.1) is 4.36 Å². The van der Waals surface area contributed by atoms with Crippen LogP contribution in [0.3, 0.4) is 0 Å². The van der Waals surface area contributed by atoms with Gasteiger partial charge in [0.2, 0.25) is 0 Å². The number of carbonyl (C=O) groups excluding carboxylic acids is 2.